The van der Waals surface area contributed by atoms with Gasteiger partial charge < -0.3 is 20.7 Å². The van der Waals surface area contributed by atoms with E-state index in [2.05, 4.69) is 4.98 Å². The molecule has 0 bridgehead atoms. The Morgan fingerprint density at radius 2 is 2.09 bits per heavy atom. The molecule has 1 aromatic heterocycles. The predicted molar refractivity (Wildman–Crippen MR) is 69.2 cm³/mol. The van der Waals surface area contributed by atoms with E-state index in [-0.39, 0.29) is 23.8 Å². The molecule has 1 aliphatic rings. The molecule has 0 spiro atoms. The summed E-state index contributed by atoms with van der Waals surface area (Å²) in [6.07, 6.45) is -1.80. The van der Waals surface area contributed by atoms with Crippen LogP contribution in [0.25, 0.3) is 0 Å². The van der Waals surface area contributed by atoms with Crippen molar-refractivity contribution in [2.45, 2.75) is 12.3 Å². The first-order chi connectivity index (χ1) is 10.4. The van der Waals surface area contributed by atoms with Crippen LogP contribution in [-0.4, -0.2) is 38.4 Å². The Bertz CT molecular complexity index is 728. The summed E-state index contributed by atoms with van der Waals surface area (Å²) in [6, 6.07) is 0. The molecule has 8 nitrogen and oxygen atoms in total. The molecule has 2 atom stereocenters. The Kier molecular flexibility index (Phi) is 4.33. The summed E-state index contributed by atoms with van der Waals surface area (Å²) < 4.78 is 31.7. The number of ether oxygens (including phenoxy) is 1. The molecule has 2 unspecified atom stereocenters. The smallest absolute Gasteiger partial charge is 0.351 e. The van der Waals surface area contributed by atoms with E-state index >= 15 is 0 Å². The molecular formula is C12H11F2N3O5. The number of nitrogen functional groups attached to an aromatic ring is 1. The minimum absolute atomic E-state index is 0.00891. The number of rotatable bonds is 3. The van der Waals surface area contributed by atoms with E-state index in [0.717, 1.165) is 6.20 Å². The second kappa shape index (κ2) is 6.03. The number of aromatic nitrogens is 2. The monoisotopic (exact) mass is 315 g/mol. The molecule has 22 heavy (non-hydrogen) atoms. The fraction of sp³-hybridized carbons (Fsp3) is 0.250. The molecule has 2 heterocycles. The van der Waals surface area contributed by atoms with Crippen LogP contribution in [0, 0.1) is 0 Å². The molecular weight excluding hydrogens is 304 g/mol. The Balaban J connectivity index is 2.59. The number of aliphatic hydroxyl groups is 1. The number of carboxylic acids is 1. The van der Waals surface area contributed by atoms with Gasteiger partial charge in [-0.15, -0.1) is 0 Å². The zero-order valence-electron chi connectivity index (χ0n) is 10.9. The van der Waals surface area contributed by atoms with Crippen molar-refractivity contribution in [1.82, 2.24) is 9.55 Å². The number of nitrogens with zero attached hydrogens (tertiary/aromatic N) is 2. The van der Waals surface area contributed by atoms with Crippen molar-refractivity contribution in [3.63, 3.8) is 0 Å². The molecule has 1 saturated heterocycles. The minimum atomic E-state index is -1.47. The van der Waals surface area contributed by atoms with Gasteiger partial charge in [0.25, 0.3) is 0 Å². The lowest BCUT2D eigenvalue weighted by Gasteiger charge is -2.15. The van der Waals surface area contributed by atoms with Crippen LogP contribution >= 0.6 is 0 Å². The van der Waals surface area contributed by atoms with Crippen molar-refractivity contribution in [2.75, 3.05) is 12.3 Å². The average molecular weight is 315 g/mol. The van der Waals surface area contributed by atoms with E-state index in [4.69, 9.17) is 20.7 Å². The van der Waals surface area contributed by atoms with Crippen LogP contribution in [0.1, 0.15) is 16.6 Å². The second-order valence-corrected chi connectivity index (χ2v) is 4.32. The highest BCUT2D eigenvalue weighted by Crippen LogP contribution is 2.38. The minimum Gasteiger partial charge on any atom is -0.478 e. The summed E-state index contributed by atoms with van der Waals surface area (Å²) >= 11 is 0. The van der Waals surface area contributed by atoms with E-state index < -0.39 is 42.0 Å². The number of nitrogens with two attached hydrogens (primary N) is 1. The molecule has 0 radical (unpaired) electrons. The Hall–Kier alpha value is -2.59. The fourth-order valence-corrected chi connectivity index (χ4v) is 2.05. The van der Waals surface area contributed by atoms with E-state index in [9.17, 15) is 18.4 Å². The fourth-order valence-electron chi connectivity index (χ4n) is 2.05. The zero-order valence-corrected chi connectivity index (χ0v) is 10.9. The number of carboxylic acid groups (broad SMARTS) is 1. The number of hydrogen-bond acceptors (Lipinski definition) is 6. The van der Waals surface area contributed by atoms with Crippen molar-refractivity contribution >= 4 is 11.8 Å². The predicted octanol–water partition coefficient (Wildman–Crippen LogP) is 0.120. The highest BCUT2D eigenvalue weighted by molar-refractivity contribution is 5.92. The first kappa shape index (κ1) is 15.8. The molecule has 10 heteroatoms. The number of aromatic carboxylic acids is 1. The summed E-state index contributed by atoms with van der Waals surface area (Å²) in [5, 5.41) is 18.1. The van der Waals surface area contributed by atoms with Crippen molar-refractivity contribution in [3.8, 4) is 0 Å². The standard InChI is InChI=1S/C12H11F2N3O5/c13-1-5-6(2-14)10(22-8(5)4-18)17-3-7(11(19)20)9(15)16-12(17)21/h1-3,8,10,18H,4H2,(H,19,20)(H2,15,16,21). The molecule has 4 N–H and O–H groups in total. The van der Waals surface area contributed by atoms with Crippen molar-refractivity contribution in [1.29, 1.82) is 0 Å². The molecule has 1 fully saturated rings. The number of carbonyl (C=O) groups is 1. The van der Waals surface area contributed by atoms with Gasteiger partial charge in [0.2, 0.25) is 0 Å². The molecule has 0 aromatic carbocycles. The molecule has 118 valence electrons. The van der Waals surface area contributed by atoms with Gasteiger partial charge in [-0.1, -0.05) is 0 Å². The summed E-state index contributed by atoms with van der Waals surface area (Å²) in [7, 11) is 0. The summed E-state index contributed by atoms with van der Waals surface area (Å²) in [4.78, 5) is 26.2. The van der Waals surface area contributed by atoms with E-state index in [0.29, 0.717) is 4.57 Å². The van der Waals surface area contributed by atoms with Gasteiger partial charge >= 0.3 is 11.7 Å². The van der Waals surface area contributed by atoms with Crippen LogP contribution in [0.5, 0.6) is 0 Å². The number of anilines is 1. The van der Waals surface area contributed by atoms with Crippen molar-refractivity contribution in [2.24, 2.45) is 0 Å². The first-order valence-corrected chi connectivity index (χ1v) is 5.93. The van der Waals surface area contributed by atoms with Gasteiger partial charge in [0, 0.05) is 17.3 Å². The van der Waals surface area contributed by atoms with Crippen LogP contribution in [0.2, 0.25) is 0 Å². The molecule has 0 amide bonds. The average Bonchev–Trinajstić information content (AvgIpc) is 2.84. The van der Waals surface area contributed by atoms with Crippen LogP contribution < -0.4 is 11.4 Å². The maximum atomic E-state index is 13.0. The first-order valence-electron chi connectivity index (χ1n) is 5.93. The van der Waals surface area contributed by atoms with Gasteiger partial charge in [-0.3, -0.25) is 4.57 Å². The number of aliphatic hydroxyl groups excluding tert-OH is 1. The van der Waals surface area contributed by atoms with E-state index in [1.54, 1.807) is 0 Å². The van der Waals surface area contributed by atoms with E-state index in [1.807, 2.05) is 0 Å². The number of halogens is 2. The van der Waals surface area contributed by atoms with Gasteiger partial charge in [0.1, 0.15) is 17.5 Å². The SMILES string of the molecule is Nc1nc(=O)n(C2OC(CO)C(=CF)C2=CF)cc1C(=O)O. The second-order valence-electron chi connectivity index (χ2n) is 4.32. The Labute approximate surface area is 121 Å². The summed E-state index contributed by atoms with van der Waals surface area (Å²) in [6.45, 7) is -0.660. The van der Waals surface area contributed by atoms with Gasteiger partial charge in [-0.05, 0) is 0 Å². The van der Waals surface area contributed by atoms with E-state index in [1.165, 1.54) is 0 Å². The highest BCUT2D eigenvalue weighted by atomic mass is 19.1. The van der Waals surface area contributed by atoms with Gasteiger partial charge in [-0.25, -0.2) is 18.4 Å². The summed E-state index contributed by atoms with van der Waals surface area (Å²) in [5.41, 5.74) is 3.14. The zero-order chi connectivity index (χ0) is 16.4. The molecule has 2 rings (SSSR count). The third-order valence-corrected chi connectivity index (χ3v) is 3.10. The lowest BCUT2D eigenvalue weighted by molar-refractivity contribution is -0.00870. The highest BCUT2D eigenvalue weighted by Gasteiger charge is 2.37. The van der Waals surface area contributed by atoms with Crippen LogP contribution in [0.3, 0.4) is 0 Å². The van der Waals surface area contributed by atoms with Gasteiger partial charge in [0.05, 0.1) is 19.3 Å². The molecule has 1 aliphatic heterocycles. The van der Waals surface area contributed by atoms with Gasteiger partial charge in [0.15, 0.2) is 6.23 Å². The quantitative estimate of drug-likeness (QED) is 0.722. The molecule has 0 aliphatic carbocycles. The lowest BCUT2D eigenvalue weighted by atomic mass is 10.1. The topological polar surface area (TPSA) is 128 Å². The third-order valence-electron chi connectivity index (χ3n) is 3.10. The maximum Gasteiger partial charge on any atom is 0.351 e. The summed E-state index contributed by atoms with van der Waals surface area (Å²) in [5.74, 6) is -1.97. The van der Waals surface area contributed by atoms with Crippen LogP contribution in [-0.2, 0) is 4.74 Å². The van der Waals surface area contributed by atoms with Crippen molar-refractivity contribution in [3.05, 3.63) is 46.1 Å². The largest absolute Gasteiger partial charge is 0.478 e. The van der Waals surface area contributed by atoms with Crippen LogP contribution in [0.4, 0.5) is 14.6 Å². The molecule has 0 saturated carbocycles. The van der Waals surface area contributed by atoms with Gasteiger partial charge in [-0.2, -0.15) is 4.98 Å². The number of hydrogen-bond donors (Lipinski definition) is 3. The Morgan fingerprint density at radius 1 is 1.45 bits per heavy atom. The third kappa shape index (κ3) is 2.49. The molecule has 1 aromatic rings. The Morgan fingerprint density at radius 3 is 2.59 bits per heavy atom. The lowest BCUT2D eigenvalue weighted by Crippen LogP contribution is -2.30. The van der Waals surface area contributed by atoms with Crippen molar-refractivity contribution < 1.29 is 28.5 Å². The van der Waals surface area contributed by atoms with Crippen LogP contribution in [0.15, 0.2) is 34.8 Å². The normalized spacial score (nSPS) is 25.0. The maximum absolute atomic E-state index is 13.0.